The molecule has 0 spiro atoms. The zero-order valence-electron chi connectivity index (χ0n) is 13.6. The van der Waals surface area contributed by atoms with E-state index < -0.39 is 12.0 Å². The number of anilines is 1. The Hall–Kier alpha value is -2.29. The molecule has 0 amide bonds. The Bertz CT molecular complexity index is 806. The Balaban J connectivity index is 2.23. The first-order chi connectivity index (χ1) is 11.0. The maximum Gasteiger partial charge on any atom is 0.338 e. The molecule has 0 saturated heterocycles. The number of aryl methyl sites for hydroxylation is 1. The summed E-state index contributed by atoms with van der Waals surface area (Å²) in [6, 6.07) is -0.416. The number of fused-ring (bicyclic) bond motifs is 1. The van der Waals surface area contributed by atoms with Crippen LogP contribution in [0, 0.1) is 6.92 Å². The van der Waals surface area contributed by atoms with Gasteiger partial charge in [-0.25, -0.2) is 9.48 Å². The highest BCUT2D eigenvalue weighted by molar-refractivity contribution is 7.98. The third-order valence-corrected chi connectivity index (χ3v) is 4.53. The van der Waals surface area contributed by atoms with Crippen molar-refractivity contribution in [2.24, 2.45) is 7.05 Å². The average Bonchev–Trinajstić information content (AvgIpc) is 3.09. The molecule has 1 N–H and O–H groups in total. The van der Waals surface area contributed by atoms with Crippen LogP contribution in [-0.2, 0) is 16.6 Å². The number of ether oxygens (including phenoxy) is 1. The normalized spacial score (nSPS) is 17.0. The first-order valence-corrected chi connectivity index (χ1v) is 8.25. The predicted molar refractivity (Wildman–Crippen MR) is 86.2 cm³/mol. The Morgan fingerprint density at radius 3 is 2.74 bits per heavy atom. The third kappa shape index (κ3) is 2.40. The fraction of sp³-hybridized carbons (Fsp3) is 0.429. The number of aromatic nitrogens is 5. The molecule has 1 aliphatic heterocycles. The number of carbonyl (C=O) groups excluding carboxylic acids is 1. The maximum atomic E-state index is 12.4. The molecule has 9 heteroatoms. The fourth-order valence-electron chi connectivity index (χ4n) is 2.66. The highest BCUT2D eigenvalue weighted by Gasteiger charge is 2.36. The zero-order valence-corrected chi connectivity index (χ0v) is 14.4. The molecule has 0 aromatic carbocycles. The molecule has 0 radical (unpaired) electrons. The summed E-state index contributed by atoms with van der Waals surface area (Å²) in [6.45, 7) is 3.79. The molecule has 2 aromatic heterocycles. The van der Waals surface area contributed by atoms with Crippen LogP contribution >= 0.6 is 11.8 Å². The lowest BCUT2D eigenvalue weighted by molar-refractivity contribution is -0.136. The van der Waals surface area contributed by atoms with Gasteiger partial charge in [-0.15, -0.1) is 5.10 Å². The second-order valence-electron chi connectivity index (χ2n) is 5.23. The number of methoxy groups -OCH3 is 1. The van der Waals surface area contributed by atoms with Gasteiger partial charge in [0.1, 0.15) is 6.04 Å². The van der Waals surface area contributed by atoms with Crippen LogP contribution in [-0.4, -0.2) is 43.9 Å². The van der Waals surface area contributed by atoms with E-state index in [4.69, 9.17) is 4.74 Å². The first kappa shape index (κ1) is 15.6. The van der Waals surface area contributed by atoms with Crippen molar-refractivity contribution in [1.29, 1.82) is 0 Å². The monoisotopic (exact) mass is 334 g/mol. The van der Waals surface area contributed by atoms with Gasteiger partial charge in [0.05, 0.1) is 18.9 Å². The lowest BCUT2D eigenvalue weighted by atomic mass is 9.96. The van der Waals surface area contributed by atoms with Gasteiger partial charge in [0, 0.05) is 24.0 Å². The Labute approximate surface area is 137 Å². The van der Waals surface area contributed by atoms with Crippen molar-refractivity contribution in [2.75, 3.05) is 18.7 Å². The number of rotatable bonds is 3. The summed E-state index contributed by atoms with van der Waals surface area (Å²) >= 11 is 1.45. The molecule has 0 fully saturated rings. The van der Waals surface area contributed by atoms with Gasteiger partial charge in [-0.05, 0) is 20.1 Å². The van der Waals surface area contributed by atoms with E-state index in [0.29, 0.717) is 22.4 Å². The molecule has 2 aromatic rings. The number of hydrogen-bond acceptors (Lipinski definition) is 7. The molecule has 122 valence electrons. The summed E-state index contributed by atoms with van der Waals surface area (Å²) in [5.74, 6) is 0.211. The van der Waals surface area contributed by atoms with Crippen LogP contribution in [0.25, 0.3) is 0 Å². The number of hydrogen-bond donors (Lipinski definition) is 1. The lowest BCUT2D eigenvalue weighted by Crippen LogP contribution is -2.29. The summed E-state index contributed by atoms with van der Waals surface area (Å²) in [4.78, 5) is 16.8. The second kappa shape index (κ2) is 5.73. The van der Waals surface area contributed by atoms with Crippen molar-refractivity contribution >= 4 is 23.7 Å². The number of nitrogens with one attached hydrogen (secondary N) is 1. The van der Waals surface area contributed by atoms with Crippen molar-refractivity contribution in [3.63, 3.8) is 0 Å². The van der Waals surface area contributed by atoms with Gasteiger partial charge in [0.25, 0.3) is 0 Å². The van der Waals surface area contributed by atoms with Crippen molar-refractivity contribution in [2.45, 2.75) is 25.0 Å². The van der Waals surface area contributed by atoms with Crippen molar-refractivity contribution in [1.82, 2.24) is 24.5 Å². The van der Waals surface area contributed by atoms with Crippen LogP contribution in [0.4, 0.5) is 5.95 Å². The average molecular weight is 334 g/mol. The Kier molecular flexibility index (Phi) is 3.88. The Morgan fingerprint density at radius 1 is 1.43 bits per heavy atom. The molecule has 0 saturated carbocycles. The van der Waals surface area contributed by atoms with Gasteiger partial charge in [-0.1, -0.05) is 11.8 Å². The van der Waals surface area contributed by atoms with Crippen LogP contribution in [0.1, 0.15) is 24.2 Å². The molecule has 0 aliphatic carbocycles. The first-order valence-electron chi connectivity index (χ1n) is 7.03. The van der Waals surface area contributed by atoms with Crippen LogP contribution in [0.3, 0.4) is 0 Å². The smallest absolute Gasteiger partial charge is 0.338 e. The highest BCUT2D eigenvalue weighted by atomic mass is 32.2. The van der Waals surface area contributed by atoms with Gasteiger partial charge < -0.3 is 10.1 Å². The molecule has 1 atom stereocenters. The topological polar surface area (TPSA) is 86.9 Å². The number of thioether (sulfide) groups is 1. The molecule has 0 bridgehead atoms. The minimum Gasteiger partial charge on any atom is -0.466 e. The van der Waals surface area contributed by atoms with Crippen LogP contribution in [0.5, 0.6) is 0 Å². The van der Waals surface area contributed by atoms with Gasteiger partial charge in [0.2, 0.25) is 11.1 Å². The molecular weight excluding hydrogens is 316 g/mol. The van der Waals surface area contributed by atoms with E-state index in [1.165, 1.54) is 18.9 Å². The minimum atomic E-state index is -0.416. The van der Waals surface area contributed by atoms with Crippen molar-refractivity contribution < 1.29 is 9.53 Å². The standard InChI is InChI=1S/C14H18N6O2S/c1-7-10(12(21)22-4)11(9-6-15-19(3)8(9)2)20-13(16-7)17-14(18-20)23-5/h6,11H,1-5H3,(H,16,17,18)/t11-/m0/s1. The number of allylic oxidation sites excluding steroid dienone is 1. The lowest BCUT2D eigenvalue weighted by Gasteiger charge is -2.27. The molecular formula is C14H18N6O2S. The maximum absolute atomic E-state index is 12.4. The fourth-order valence-corrected chi connectivity index (χ4v) is 3.01. The van der Waals surface area contributed by atoms with Gasteiger partial charge in [0.15, 0.2) is 0 Å². The van der Waals surface area contributed by atoms with E-state index >= 15 is 0 Å². The second-order valence-corrected chi connectivity index (χ2v) is 6.01. The SMILES string of the molecule is COC(=O)C1=C(C)Nc2nc(SC)nn2[C@H]1c1cnn(C)c1C. The third-order valence-electron chi connectivity index (χ3n) is 3.99. The minimum absolute atomic E-state index is 0.393. The quantitative estimate of drug-likeness (QED) is 0.672. The summed E-state index contributed by atoms with van der Waals surface area (Å²) in [7, 11) is 3.24. The molecule has 8 nitrogen and oxygen atoms in total. The van der Waals surface area contributed by atoms with Crippen LogP contribution in [0.15, 0.2) is 22.6 Å². The molecule has 1 aliphatic rings. The predicted octanol–water partition coefficient (Wildman–Crippen LogP) is 1.50. The van der Waals surface area contributed by atoms with E-state index in [1.807, 2.05) is 27.2 Å². The Morgan fingerprint density at radius 2 is 2.17 bits per heavy atom. The van der Waals surface area contributed by atoms with Gasteiger partial charge in [-0.2, -0.15) is 10.1 Å². The van der Waals surface area contributed by atoms with E-state index in [-0.39, 0.29) is 0 Å². The van der Waals surface area contributed by atoms with Crippen LogP contribution in [0.2, 0.25) is 0 Å². The van der Waals surface area contributed by atoms with Crippen molar-refractivity contribution in [3.05, 3.63) is 28.7 Å². The zero-order chi connectivity index (χ0) is 16.7. The summed E-state index contributed by atoms with van der Waals surface area (Å²) < 4.78 is 8.46. The largest absolute Gasteiger partial charge is 0.466 e. The number of esters is 1. The van der Waals surface area contributed by atoms with E-state index in [0.717, 1.165) is 11.3 Å². The highest BCUT2D eigenvalue weighted by Crippen LogP contribution is 2.37. The van der Waals surface area contributed by atoms with Gasteiger partial charge in [-0.3, -0.25) is 4.68 Å². The molecule has 3 rings (SSSR count). The van der Waals surface area contributed by atoms with E-state index in [1.54, 1.807) is 15.6 Å². The van der Waals surface area contributed by atoms with Crippen molar-refractivity contribution in [3.8, 4) is 0 Å². The van der Waals surface area contributed by atoms with Crippen LogP contribution < -0.4 is 5.32 Å². The van der Waals surface area contributed by atoms with Gasteiger partial charge >= 0.3 is 5.97 Å². The number of nitrogens with zero attached hydrogens (tertiary/aromatic N) is 5. The summed E-state index contributed by atoms with van der Waals surface area (Å²) in [5.41, 5.74) is 3.07. The summed E-state index contributed by atoms with van der Waals surface area (Å²) in [5, 5.41) is 12.6. The number of carbonyl (C=O) groups is 1. The molecule has 3 heterocycles. The van der Waals surface area contributed by atoms with E-state index in [2.05, 4.69) is 20.5 Å². The van der Waals surface area contributed by atoms with E-state index in [9.17, 15) is 4.79 Å². The molecule has 23 heavy (non-hydrogen) atoms. The molecule has 0 unspecified atom stereocenters. The summed E-state index contributed by atoms with van der Waals surface area (Å²) in [6.07, 6.45) is 3.67.